The molecule has 104 valence electrons. The number of carbonyl (C=O) groups is 1. The summed E-state index contributed by atoms with van der Waals surface area (Å²) in [5.41, 5.74) is 0.719. The number of amides is 1. The lowest BCUT2D eigenvalue weighted by Gasteiger charge is -2.05. The van der Waals surface area contributed by atoms with E-state index >= 15 is 0 Å². The number of benzene rings is 1. The van der Waals surface area contributed by atoms with Crippen molar-refractivity contribution in [3.8, 4) is 0 Å². The minimum atomic E-state index is -0.455. The van der Waals surface area contributed by atoms with Crippen molar-refractivity contribution in [1.29, 1.82) is 0 Å². The predicted octanol–water partition coefficient (Wildman–Crippen LogP) is 2.79. The van der Waals surface area contributed by atoms with Crippen LogP contribution >= 0.6 is 0 Å². The van der Waals surface area contributed by atoms with Crippen LogP contribution < -0.4 is 5.32 Å². The highest BCUT2D eigenvalue weighted by Gasteiger charge is 2.12. The van der Waals surface area contributed by atoms with E-state index in [2.05, 4.69) is 19.2 Å². The average Bonchev–Trinajstić information content (AvgIpc) is 3.07. The Hall–Kier alpha value is -2.11. The summed E-state index contributed by atoms with van der Waals surface area (Å²) in [6, 6.07) is 9.20. The van der Waals surface area contributed by atoms with Crippen molar-refractivity contribution in [2.75, 3.05) is 11.9 Å². The zero-order valence-corrected chi connectivity index (χ0v) is 11.2. The number of carbonyl (C=O) groups excluding carboxylic acids is 1. The van der Waals surface area contributed by atoms with Gasteiger partial charge in [0.1, 0.15) is 13.2 Å². The van der Waals surface area contributed by atoms with Gasteiger partial charge in [0.25, 0.3) is 0 Å². The van der Waals surface area contributed by atoms with Crippen LogP contribution in [0.15, 0.2) is 35.0 Å². The van der Waals surface area contributed by atoms with Crippen LogP contribution in [0, 0.1) is 5.92 Å². The van der Waals surface area contributed by atoms with Crippen molar-refractivity contribution in [2.24, 2.45) is 5.92 Å². The number of nitrogens with one attached hydrogen (secondary N) is 1. The van der Waals surface area contributed by atoms with Crippen LogP contribution in [0.2, 0.25) is 0 Å². The van der Waals surface area contributed by atoms with Gasteiger partial charge >= 0.3 is 6.09 Å². The van der Waals surface area contributed by atoms with Gasteiger partial charge < -0.3 is 4.74 Å². The maximum Gasteiger partial charge on any atom is 0.411 e. The van der Waals surface area contributed by atoms with Gasteiger partial charge in [-0.3, -0.25) is 9.95 Å². The quantitative estimate of drug-likeness (QED) is 0.873. The molecule has 0 unspecified atom stereocenters. The van der Waals surface area contributed by atoms with Crippen molar-refractivity contribution in [3.63, 3.8) is 0 Å². The first-order chi connectivity index (χ1) is 9.15. The van der Waals surface area contributed by atoms with Gasteiger partial charge in [-0.05, 0) is 18.1 Å². The van der Waals surface area contributed by atoms with E-state index in [1.165, 1.54) is 0 Å². The van der Waals surface area contributed by atoms with Gasteiger partial charge in [0, 0.05) is 5.69 Å². The van der Waals surface area contributed by atoms with E-state index in [4.69, 9.17) is 9.37 Å². The highest BCUT2D eigenvalue weighted by molar-refractivity contribution is 5.84. The monoisotopic (exact) mass is 265 g/mol. The summed E-state index contributed by atoms with van der Waals surface area (Å²) >= 11 is 0. The largest absolute Gasteiger partial charge is 0.447 e. The molecule has 0 bridgehead atoms. The molecule has 2 aromatic rings. The third-order valence-electron chi connectivity index (χ3n) is 2.47. The van der Waals surface area contributed by atoms with E-state index in [-0.39, 0.29) is 6.61 Å². The second-order valence-corrected chi connectivity index (χ2v) is 4.71. The van der Waals surface area contributed by atoms with Crippen LogP contribution in [0.1, 0.15) is 13.8 Å². The van der Waals surface area contributed by atoms with Crippen molar-refractivity contribution >= 4 is 11.8 Å². The molecule has 0 fully saturated rings. The summed E-state index contributed by atoms with van der Waals surface area (Å²) in [6.45, 7) is 5.89. The summed E-state index contributed by atoms with van der Waals surface area (Å²) in [5.74, 6) is 0.535. The van der Waals surface area contributed by atoms with Gasteiger partial charge in [0.15, 0.2) is 0 Å². The number of nitrogens with zero attached hydrogens (tertiary/aromatic N) is 2. The van der Waals surface area contributed by atoms with Gasteiger partial charge in [-0.2, -0.15) is 0 Å². The predicted molar refractivity (Wildman–Crippen MR) is 70.9 cm³/mol. The molecule has 0 saturated heterocycles. The topological polar surface area (TPSA) is 61.3 Å². The van der Waals surface area contributed by atoms with Crippen LogP contribution in [-0.2, 0) is 17.8 Å². The Morgan fingerprint density at radius 3 is 2.74 bits per heavy atom. The van der Waals surface area contributed by atoms with E-state index in [0.29, 0.717) is 12.5 Å². The summed E-state index contributed by atoms with van der Waals surface area (Å²) in [7, 11) is 0. The van der Waals surface area contributed by atoms with E-state index in [9.17, 15) is 4.79 Å². The van der Waals surface area contributed by atoms with Crippen LogP contribution in [0.5, 0.6) is 0 Å². The average molecular weight is 265 g/mol. The molecule has 1 N–H and O–H groups in total. The second-order valence-electron chi connectivity index (χ2n) is 4.71. The smallest absolute Gasteiger partial charge is 0.411 e. The van der Waals surface area contributed by atoms with Gasteiger partial charge in [-0.25, -0.2) is 4.79 Å². The number of ether oxygens (including phenoxy) is 1. The number of aromatic nitrogens is 2. The highest BCUT2D eigenvalue weighted by Crippen LogP contribution is 2.06. The van der Waals surface area contributed by atoms with Crippen LogP contribution in [-0.4, -0.2) is 22.4 Å². The Labute approximate surface area is 111 Å². The molecule has 0 aliphatic rings. The van der Waals surface area contributed by atoms with Gasteiger partial charge in [0.2, 0.25) is 0 Å². The van der Waals surface area contributed by atoms with E-state index in [0.717, 1.165) is 12.2 Å². The number of anilines is 1. The molecule has 0 atom stereocenters. The molecule has 0 saturated carbocycles. The molecule has 6 nitrogen and oxygen atoms in total. The number of rotatable bonds is 6. The molecule has 1 aromatic heterocycles. The molecular weight excluding hydrogens is 246 g/mol. The Balaban J connectivity index is 1.63. The minimum Gasteiger partial charge on any atom is -0.447 e. The number of hydrogen-bond donors (Lipinski definition) is 1. The fourth-order valence-corrected chi connectivity index (χ4v) is 1.57. The van der Waals surface area contributed by atoms with Crippen molar-refractivity contribution in [3.05, 3.63) is 30.3 Å². The molecule has 0 aliphatic heterocycles. The zero-order valence-electron chi connectivity index (χ0n) is 11.2. The second kappa shape index (κ2) is 6.17. The minimum absolute atomic E-state index is 0.285. The molecular formula is C13H19N3O3. The van der Waals surface area contributed by atoms with Gasteiger partial charge in [0.05, 0.1) is 6.54 Å². The first kappa shape index (κ1) is 13.3. The van der Waals surface area contributed by atoms with Crippen LogP contribution in [0.3, 0.4) is 0 Å². The van der Waals surface area contributed by atoms with Crippen molar-refractivity contribution < 1.29 is 14.2 Å². The maximum atomic E-state index is 11.5. The Morgan fingerprint density at radius 2 is 2.05 bits per heavy atom. The van der Waals surface area contributed by atoms with E-state index in [1.54, 1.807) is 21.8 Å². The van der Waals surface area contributed by atoms with E-state index in [1.807, 2.05) is 18.2 Å². The van der Waals surface area contributed by atoms with Gasteiger partial charge in [-0.15, -0.1) is 0 Å². The van der Waals surface area contributed by atoms with Gasteiger partial charge in [-0.1, -0.05) is 41.8 Å². The zero-order chi connectivity index (χ0) is 13.7. The fourth-order valence-electron chi connectivity index (χ4n) is 1.57. The highest BCUT2D eigenvalue weighted by atomic mass is 16.8. The molecule has 0 radical (unpaired) electrons. The van der Waals surface area contributed by atoms with Crippen molar-refractivity contribution in [2.45, 2.75) is 26.9 Å². The first-order valence-corrected chi connectivity index (χ1v) is 6.37. The number of hydrogen-bond acceptors (Lipinski definition) is 3. The lowest BCUT2D eigenvalue weighted by Crippen LogP contribution is -2.16. The summed E-state index contributed by atoms with van der Waals surface area (Å²) in [6.07, 6.45) is -0.455. The summed E-state index contributed by atoms with van der Waals surface area (Å²) < 4.78 is 10.2. The SMILES string of the molecule is CC(C)Cn1on1CCOC(=O)Nc1ccccc1. The maximum absolute atomic E-state index is 11.5. The molecule has 6 heteroatoms. The van der Waals surface area contributed by atoms with E-state index < -0.39 is 6.09 Å². The Bertz CT molecular complexity index is 496. The third-order valence-corrected chi connectivity index (χ3v) is 2.47. The molecule has 2 rings (SSSR count). The third kappa shape index (κ3) is 4.57. The summed E-state index contributed by atoms with van der Waals surface area (Å²) in [5, 5.41) is 2.65. The molecule has 1 aromatic carbocycles. The standard InChI is InChI=1S/C13H19N3O3/c1-11(2)10-16-15(19-16)8-9-18-13(17)14-12-6-4-3-5-7-12/h3-7,11H,8-10H2,1-2H3,(H,14,17). The lowest BCUT2D eigenvalue weighted by molar-refractivity contribution is 0.153. The Morgan fingerprint density at radius 1 is 1.32 bits per heavy atom. The molecule has 1 amide bonds. The molecule has 0 aliphatic carbocycles. The molecule has 19 heavy (non-hydrogen) atoms. The Kier molecular flexibility index (Phi) is 4.33. The lowest BCUT2D eigenvalue weighted by atomic mass is 10.2. The molecule has 1 heterocycles. The summed E-state index contributed by atoms with van der Waals surface area (Å²) in [4.78, 5) is 14.9. The fraction of sp³-hybridized carbons (Fsp3) is 0.462. The number of para-hydroxylation sites is 1. The van der Waals surface area contributed by atoms with Crippen LogP contribution in [0.4, 0.5) is 10.5 Å². The van der Waals surface area contributed by atoms with Crippen LogP contribution in [0.25, 0.3) is 0 Å². The molecule has 0 spiro atoms. The first-order valence-electron chi connectivity index (χ1n) is 6.37. The normalized spacial score (nSPS) is 10.9. The van der Waals surface area contributed by atoms with Crippen molar-refractivity contribution in [1.82, 2.24) is 9.71 Å².